The fraction of sp³-hybridized carbons (Fsp3) is 0.438. The molecule has 0 saturated heterocycles. The van der Waals surface area contributed by atoms with Gasteiger partial charge in [0.15, 0.2) is 11.5 Å². The minimum atomic E-state index is -0.475. The smallest absolute Gasteiger partial charge is 0.308 e. The van der Waals surface area contributed by atoms with Crippen LogP contribution in [0.15, 0.2) is 16.5 Å². The summed E-state index contributed by atoms with van der Waals surface area (Å²) >= 11 is 0. The molecule has 9 nitrogen and oxygen atoms in total. The van der Waals surface area contributed by atoms with Crippen molar-refractivity contribution < 1.29 is 28.5 Å². The van der Waals surface area contributed by atoms with Crippen LogP contribution in [-0.4, -0.2) is 55.7 Å². The second-order valence-corrected chi connectivity index (χ2v) is 5.04. The number of carbonyl (C=O) groups excluding carboxylic acids is 1. The molecule has 136 valence electrons. The summed E-state index contributed by atoms with van der Waals surface area (Å²) < 4.78 is 21.2. The summed E-state index contributed by atoms with van der Waals surface area (Å²) in [6.07, 6.45) is 0.756. The fourth-order valence-corrected chi connectivity index (χ4v) is 2.19. The van der Waals surface area contributed by atoms with Gasteiger partial charge in [-0.1, -0.05) is 0 Å². The molecule has 1 amide bonds. The molecule has 9 heteroatoms. The third-order valence-corrected chi connectivity index (χ3v) is 3.36. The molecule has 1 heterocycles. The Hall–Kier alpha value is -2.81. The lowest BCUT2D eigenvalue weighted by molar-refractivity contribution is 0.0915. The number of amides is 1. The monoisotopic (exact) mass is 351 g/mol. The average Bonchev–Trinajstić information content (AvgIpc) is 3.09. The number of carbonyl (C=O) groups is 1. The Morgan fingerprint density at radius 2 is 1.84 bits per heavy atom. The number of aliphatic hydroxyl groups is 1. The maximum Gasteiger partial charge on any atom is 0.308 e. The van der Waals surface area contributed by atoms with E-state index in [9.17, 15) is 4.79 Å². The summed E-state index contributed by atoms with van der Waals surface area (Å²) in [6.45, 7) is 0.330. The number of hydrogen-bond donors (Lipinski definition) is 2. The summed E-state index contributed by atoms with van der Waals surface area (Å²) in [5, 5.41) is 18.9. The van der Waals surface area contributed by atoms with Gasteiger partial charge in [0.05, 0.1) is 27.8 Å². The Balaban J connectivity index is 2.13. The van der Waals surface area contributed by atoms with Crippen LogP contribution >= 0.6 is 0 Å². The topological polar surface area (TPSA) is 116 Å². The lowest BCUT2D eigenvalue weighted by Crippen LogP contribution is -2.25. The van der Waals surface area contributed by atoms with Gasteiger partial charge in [0, 0.05) is 13.2 Å². The average molecular weight is 351 g/mol. The van der Waals surface area contributed by atoms with E-state index < -0.39 is 5.91 Å². The predicted molar refractivity (Wildman–Crippen MR) is 87.2 cm³/mol. The zero-order chi connectivity index (χ0) is 18.2. The molecular weight excluding hydrogens is 330 g/mol. The minimum absolute atomic E-state index is 0.00347. The number of hydrogen-bond acceptors (Lipinski definition) is 8. The van der Waals surface area contributed by atoms with E-state index in [4.69, 9.17) is 23.7 Å². The van der Waals surface area contributed by atoms with Crippen LogP contribution < -0.4 is 19.5 Å². The molecule has 0 aliphatic rings. The van der Waals surface area contributed by atoms with Crippen LogP contribution in [0.4, 0.5) is 0 Å². The number of nitrogens with one attached hydrogen (secondary N) is 1. The third kappa shape index (κ3) is 4.60. The van der Waals surface area contributed by atoms with Crippen molar-refractivity contribution in [2.24, 2.45) is 0 Å². The zero-order valence-corrected chi connectivity index (χ0v) is 14.4. The lowest BCUT2D eigenvalue weighted by Gasteiger charge is -2.13. The Labute approximate surface area is 144 Å². The molecule has 2 aromatic rings. The van der Waals surface area contributed by atoms with Gasteiger partial charge in [0.2, 0.25) is 11.6 Å². The SMILES string of the molecule is COc1cc(Cc2nnc(C(=O)NCCCO)o2)cc(OC)c1OC. The van der Waals surface area contributed by atoms with Crippen LogP contribution in [0.1, 0.15) is 28.6 Å². The highest BCUT2D eigenvalue weighted by atomic mass is 16.5. The second-order valence-electron chi connectivity index (χ2n) is 5.04. The lowest BCUT2D eigenvalue weighted by atomic mass is 10.1. The van der Waals surface area contributed by atoms with Gasteiger partial charge in [0.1, 0.15) is 0 Å². The van der Waals surface area contributed by atoms with Gasteiger partial charge in [-0.25, -0.2) is 0 Å². The molecule has 0 aliphatic carbocycles. The quantitative estimate of drug-likeness (QED) is 0.637. The normalized spacial score (nSPS) is 10.4. The highest BCUT2D eigenvalue weighted by Crippen LogP contribution is 2.38. The Bertz CT molecular complexity index is 691. The molecule has 2 rings (SSSR count). The van der Waals surface area contributed by atoms with Crippen molar-refractivity contribution in [3.63, 3.8) is 0 Å². The van der Waals surface area contributed by atoms with Crippen LogP contribution in [0.2, 0.25) is 0 Å². The molecule has 2 N–H and O–H groups in total. The van der Waals surface area contributed by atoms with E-state index in [1.165, 1.54) is 21.3 Å². The molecule has 1 aromatic heterocycles. The van der Waals surface area contributed by atoms with Gasteiger partial charge in [-0.2, -0.15) is 0 Å². The standard InChI is InChI=1S/C16H21N3O6/c1-22-11-7-10(8-12(23-2)14(11)24-3)9-13-18-19-16(25-13)15(21)17-5-4-6-20/h7-8,20H,4-6,9H2,1-3H3,(H,17,21). The van der Waals surface area contributed by atoms with Crippen LogP contribution in [0.25, 0.3) is 0 Å². The number of rotatable bonds is 9. The predicted octanol–water partition coefficient (Wildman–Crippen LogP) is 0.798. The van der Waals surface area contributed by atoms with Crippen LogP contribution in [0, 0.1) is 0 Å². The summed E-state index contributed by atoms with van der Waals surface area (Å²) in [5.74, 6) is 1.19. The molecule has 0 unspecified atom stereocenters. The Kier molecular flexibility index (Phi) is 6.58. The van der Waals surface area contributed by atoms with Crippen LogP contribution in [-0.2, 0) is 6.42 Å². The summed E-state index contributed by atoms with van der Waals surface area (Å²) in [7, 11) is 4.59. The van der Waals surface area contributed by atoms with Crippen molar-refractivity contribution >= 4 is 5.91 Å². The summed E-state index contributed by atoms with van der Waals surface area (Å²) in [5.41, 5.74) is 0.797. The van der Waals surface area contributed by atoms with Gasteiger partial charge < -0.3 is 29.1 Å². The van der Waals surface area contributed by atoms with E-state index in [0.29, 0.717) is 36.6 Å². The molecular formula is C16H21N3O6. The van der Waals surface area contributed by atoms with Gasteiger partial charge in [-0.05, 0) is 24.1 Å². The number of aromatic nitrogens is 2. The van der Waals surface area contributed by atoms with Crippen molar-refractivity contribution in [2.75, 3.05) is 34.5 Å². The number of nitrogens with zero attached hydrogens (tertiary/aromatic N) is 2. The molecule has 0 saturated carbocycles. The highest BCUT2D eigenvalue weighted by molar-refractivity contribution is 5.89. The number of aliphatic hydroxyl groups excluding tert-OH is 1. The minimum Gasteiger partial charge on any atom is -0.493 e. The van der Waals surface area contributed by atoms with E-state index in [1.807, 2.05) is 0 Å². The second kappa shape index (κ2) is 8.88. The Morgan fingerprint density at radius 1 is 1.16 bits per heavy atom. The maximum absolute atomic E-state index is 11.8. The van der Waals surface area contributed by atoms with E-state index >= 15 is 0 Å². The number of benzene rings is 1. The zero-order valence-electron chi connectivity index (χ0n) is 14.4. The van der Waals surface area contributed by atoms with Gasteiger partial charge in [0.25, 0.3) is 0 Å². The molecule has 1 aromatic carbocycles. The first-order chi connectivity index (χ1) is 12.1. The summed E-state index contributed by atoms with van der Waals surface area (Å²) in [6, 6.07) is 3.54. The van der Waals surface area contributed by atoms with E-state index in [1.54, 1.807) is 12.1 Å². The van der Waals surface area contributed by atoms with E-state index in [2.05, 4.69) is 15.5 Å². The van der Waals surface area contributed by atoms with E-state index in [-0.39, 0.29) is 18.4 Å². The third-order valence-electron chi connectivity index (χ3n) is 3.36. The Morgan fingerprint density at radius 3 is 2.40 bits per heavy atom. The molecule has 0 fully saturated rings. The van der Waals surface area contributed by atoms with E-state index in [0.717, 1.165) is 5.56 Å². The first kappa shape index (κ1) is 18.5. The van der Waals surface area contributed by atoms with Gasteiger partial charge >= 0.3 is 11.8 Å². The van der Waals surface area contributed by atoms with Crippen LogP contribution in [0.3, 0.4) is 0 Å². The molecule has 0 radical (unpaired) electrons. The number of methoxy groups -OCH3 is 3. The summed E-state index contributed by atoms with van der Waals surface area (Å²) in [4.78, 5) is 11.8. The molecule has 0 atom stereocenters. The molecule has 0 bridgehead atoms. The van der Waals surface area contributed by atoms with Crippen LogP contribution in [0.5, 0.6) is 17.2 Å². The molecule has 0 spiro atoms. The first-order valence-corrected chi connectivity index (χ1v) is 7.63. The first-order valence-electron chi connectivity index (χ1n) is 7.63. The van der Waals surface area contributed by atoms with Crippen molar-refractivity contribution in [2.45, 2.75) is 12.8 Å². The van der Waals surface area contributed by atoms with Gasteiger partial charge in [-0.15, -0.1) is 10.2 Å². The number of ether oxygens (including phenoxy) is 3. The molecule has 25 heavy (non-hydrogen) atoms. The largest absolute Gasteiger partial charge is 0.493 e. The van der Waals surface area contributed by atoms with Crippen molar-refractivity contribution in [3.8, 4) is 17.2 Å². The maximum atomic E-state index is 11.8. The van der Waals surface area contributed by atoms with Gasteiger partial charge in [-0.3, -0.25) is 4.79 Å². The van der Waals surface area contributed by atoms with Crippen molar-refractivity contribution in [3.05, 3.63) is 29.5 Å². The van der Waals surface area contributed by atoms with Crippen molar-refractivity contribution in [1.29, 1.82) is 0 Å². The highest BCUT2D eigenvalue weighted by Gasteiger charge is 2.17. The fourth-order valence-electron chi connectivity index (χ4n) is 2.19. The molecule has 0 aliphatic heterocycles. The van der Waals surface area contributed by atoms with Crippen molar-refractivity contribution in [1.82, 2.24) is 15.5 Å².